The molecular formula is C14H27N3O2S. The molecule has 1 saturated carbocycles. The highest BCUT2D eigenvalue weighted by molar-refractivity contribution is 7.99. The molecule has 1 fully saturated rings. The van der Waals surface area contributed by atoms with Gasteiger partial charge in [0.1, 0.15) is 5.41 Å². The third-order valence-electron chi connectivity index (χ3n) is 4.53. The molecule has 2 atom stereocenters. The molecule has 1 aliphatic rings. The van der Waals surface area contributed by atoms with Crippen molar-refractivity contribution in [2.75, 3.05) is 6.26 Å². The maximum atomic E-state index is 12.6. The van der Waals surface area contributed by atoms with Crippen molar-refractivity contribution in [3.05, 3.63) is 0 Å². The number of rotatable bonds is 6. The van der Waals surface area contributed by atoms with Crippen LogP contribution >= 0.6 is 11.8 Å². The van der Waals surface area contributed by atoms with Gasteiger partial charge < -0.3 is 16.3 Å². The predicted octanol–water partition coefficient (Wildman–Crippen LogP) is 2.33. The monoisotopic (exact) mass is 301 g/mol. The first kappa shape index (κ1) is 17.1. The average Bonchev–Trinajstić information content (AvgIpc) is 2.48. The van der Waals surface area contributed by atoms with E-state index in [1.165, 1.54) is 6.42 Å². The van der Waals surface area contributed by atoms with Crippen molar-refractivity contribution in [2.45, 2.75) is 63.7 Å². The fourth-order valence-electron chi connectivity index (χ4n) is 2.96. The van der Waals surface area contributed by atoms with Crippen LogP contribution in [0.15, 0.2) is 5.16 Å². The largest absolute Gasteiger partial charge is 0.409 e. The molecule has 0 aliphatic heterocycles. The summed E-state index contributed by atoms with van der Waals surface area (Å²) in [5.41, 5.74) is 4.88. The lowest BCUT2D eigenvalue weighted by Gasteiger charge is -2.34. The fraction of sp³-hybridized carbons (Fsp3) is 0.857. The maximum Gasteiger partial charge on any atom is 0.234 e. The van der Waals surface area contributed by atoms with E-state index in [0.29, 0.717) is 18.1 Å². The van der Waals surface area contributed by atoms with Crippen molar-refractivity contribution >= 4 is 23.5 Å². The van der Waals surface area contributed by atoms with Gasteiger partial charge in [-0.1, -0.05) is 25.4 Å². The maximum absolute atomic E-state index is 12.6. The second kappa shape index (κ2) is 7.76. The minimum absolute atomic E-state index is 0.0113. The van der Waals surface area contributed by atoms with E-state index in [1.807, 2.05) is 25.6 Å². The Balaban J connectivity index is 2.76. The predicted molar refractivity (Wildman–Crippen MR) is 84.1 cm³/mol. The summed E-state index contributed by atoms with van der Waals surface area (Å²) >= 11 is 1.87. The van der Waals surface area contributed by atoms with Crippen LogP contribution in [0.4, 0.5) is 0 Å². The third-order valence-corrected chi connectivity index (χ3v) is 5.63. The highest BCUT2D eigenvalue weighted by atomic mass is 32.2. The van der Waals surface area contributed by atoms with Crippen LogP contribution in [0.2, 0.25) is 0 Å². The van der Waals surface area contributed by atoms with Gasteiger partial charge in [0.2, 0.25) is 5.91 Å². The minimum atomic E-state index is -0.888. The summed E-state index contributed by atoms with van der Waals surface area (Å²) in [7, 11) is 0. The van der Waals surface area contributed by atoms with Gasteiger partial charge in [0, 0.05) is 11.3 Å². The van der Waals surface area contributed by atoms with E-state index >= 15 is 0 Å². The van der Waals surface area contributed by atoms with Crippen molar-refractivity contribution in [3.63, 3.8) is 0 Å². The summed E-state index contributed by atoms with van der Waals surface area (Å²) in [6, 6.07) is 0.206. The van der Waals surface area contributed by atoms with Gasteiger partial charge in [-0.25, -0.2) is 0 Å². The Kier molecular flexibility index (Phi) is 6.65. The molecule has 0 aromatic rings. The molecule has 6 heteroatoms. The van der Waals surface area contributed by atoms with Crippen LogP contribution in [-0.4, -0.2) is 34.5 Å². The smallest absolute Gasteiger partial charge is 0.234 e. The van der Waals surface area contributed by atoms with E-state index in [1.54, 1.807) is 0 Å². The highest BCUT2D eigenvalue weighted by Gasteiger charge is 2.41. The Morgan fingerprint density at radius 3 is 2.60 bits per heavy atom. The zero-order valence-corrected chi connectivity index (χ0v) is 13.5. The molecule has 5 nitrogen and oxygen atoms in total. The topological polar surface area (TPSA) is 87.7 Å². The van der Waals surface area contributed by atoms with E-state index in [2.05, 4.69) is 16.7 Å². The summed E-state index contributed by atoms with van der Waals surface area (Å²) in [6.45, 7) is 3.79. The molecule has 1 aliphatic carbocycles. The fourth-order valence-corrected chi connectivity index (χ4v) is 3.79. The first-order valence-electron chi connectivity index (χ1n) is 7.35. The summed E-state index contributed by atoms with van der Waals surface area (Å²) in [5.74, 6) is -0.0956. The van der Waals surface area contributed by atoms with Crippen molar-refractivity contribution in [1.82, 2.24) is 5.32 Å². The highest BCUT2D eigenvalue weighted by Crippen LogP contribution is 2.30. The van der Waals surface area contributed by atoms with Gasteiger partial charge >= 0.3 is 0 Å². The summed E-state index contributed by atoms with van der Waals surface area (Å²) < 4.78 is 0. The second-order valence-corrected chi connectivity index (χ2v) is 6.61. The second-order valence-electron chi connectivity index (χ2n) is 5.47. The summed E-state index contributed by atoms with van der Waals surface area (Å²) in [6.07, 6.45) is 7.57. The van der Waals surface area contributed by atoms with Crippen molar-refractivity contribution < 1.29 is 10.0 Å². The summed E-state index contributed by atoms with van der Waals surface area (Å²) in [4.78, 5) is 12.6. The Morgan fingerprint density at radius 2 is 2.10 bits per heavy atom. The molecular weight excluding hydrogens is 274 g/mol. The zero-order chi connectivity index (χ0) is 15.2. The average molecular weight is 301 g/mol. The first-order chi connectivity index (χ1) is 9.53. The van der Waals surface area contributed by atoms with Gasteiger partial charge in [0.15, 0.2) is 5.84 Å². The molecule has 116 valence electrons. The van der Waals surface area contributed by atoms with E-state index in [9.17, 15) is 4.79 Å². The molecule has 4 N–H and O–H groups in total. The number of hydrogen-bond donors (Lipinski definition) is 3. The SMILES string of the molecule is CCC(CC)(C(=O)NC1CCCC(SC)C1)C(N)=NO. The van der Waals surface area contributed by atoms with Gasteiger partial charge in [-0.05, 0) is 38.4 Å². The molecule has 0 heterocycles. The number of hydrogen-bond acceptors (Lipinski definition) is 4. The Morgan fingerprint density at radius 1 is 1.45 bits per heavy atom. The number of thioether (sulfide) groups is 1. The van der Waals surface area contributed by atoms with Gasteiger partial charge in [0.05, 0.1) is 0 Å². The van der Waals surface area contributed by atoms with Gasteiger partial charge in [-0.2, -0.15) is 11.8 Å². The molecule has 0 saturated heterocycles. The Labute approximate surface area is 125 Å². The van der Waals surface area contributed by atoms with Gasteiger partial charge in [0.25, 0.3) is 0 Å². The van der Waals surface area contributed by atoms with E-state index in [-0.39, 0.29) is 17.8 Å². The molecule has 2 unspecified atom stereocenters. The van der Waals surface area contributed by atoms with E-state index < -0.39 is 5.41 Å². The lowest BCUT2D eigenvalue weighted by atomic mass is 9.79. The van der Waals surface area contributed by atoms with Crippen LogP contribution in [0, 0.1) is 5.41 Å². The van der Waals surface area contributed by atoms with Gasteiger partial charge in [-0.15, -0.1) is 0 Å². The van der Waals surface area contributed by atoms with Crippen LogP contribution in [0.1, 0.15) is 52.4 Å². The molecule has 1 rings (SSSR count). The Hall–Kier alpha value is -0.910. The van der Waals surface area contributed by atoms with Crippen LogP contribution in [0.3, 0.4) is 0 Å². The number of nitrogens with zero attached hydrogens (tertiary/aromatic N) is 1. The lowest BCUT2D eigenvalue weighted by Crippen LogP contribution is -2.52. The van der Waals surface area contributed by atoms with Crippen LogP contribution in [-0.2, 0) is 4.79 Å². The van der Waals surface area contributed by atoms with Crippen molar-refractivity contribution in [1.29, 1.82) is 0 Å². The molecule has 1 amide bonds. The molecule has 0 bridgehead atoms. The number of carbonyl (C=O) groups is 1. The molecule has 0 spiro atoms. The molecule has 0 aromatic heterocycles. The number of amides is 1. The Bertz CT molecular complexity index is 356. The van der Waals surface area contributed by atoms with Crippen molar-refractivity contribution in [2.24, 2.45) is 16.3 Å². The number of carbonyl (C=O) groups excluding carboxylic acids is 1. The summed E-state index contributed by atoms with van der Waals surface area (Å²) in [5, 5.41) is 15.8. The minimum Gasteiger partial charge on any atom is -0.409 e. The van der Waals surface area contributed by atoms with Crippen LogP contribution in [0.5, 0.6) is 0 Å². The standard InChI is InChI=1S/C14H27N3O2S/c1-4-14(5-2,12(15)17-19)13(18)16-10-7-6-8-11(9-10)20-3/h10-11,19H,4-9H2,1-3H3,(H2,15,17)(H,16,18). The van der Waals surface area contributed by atoms with Crippen molar-refractivity contribution in [3.8, 4) is 0 Å². The third kappa shape index (κ3) is 3.59. The molecule has 0 aromatic carbocycles. The number of amidine groups is 1. The van der Waals surface area contributed by atoms with Crippen LogP contribution in [0.25, 0.3) is 0 Å². The number of nitrogens with one attached hydrogen (secondary N) is 1. The molecule has 0 radical (unpaired) electrons. The van der Waals surface area contributed by atoms with E-state index in [0.717, 1.165) is 19.3 Å². The van der Waals surface area contributed by atoms with Gasteiger partial charge in [-0.3, -0.25) is 4.79 Å². The molecule has 20 heavy (non-hydrogen) atoms. The quantitative estimate of drug-likeness (QED) is 0.304. The first-order valence-corrected chi connectivity index (χ1v) is 8.64. The zero-order valence-electron chi connectivity index (χ0n) is 12.7. The number of nitrogens with two attached hydrogens (primary N) is 1. The number of oxime groups is 1. The normalized spacial score (nSPS) is 24.4. The van der Waals surface area contributed by atoms with Crippen LogP contribution < -0.4 is 11.1 Å². The lowest BCUT2D eigenvalue weighted by molar-refractivity contribution is -0.129. The van der Waals surface area contributed by atoms with E-state index in [4.69, 9.17) is 10.9 Å².